The predicted octanol–water partition coefficient (Wildman–Crippen LogP) is 3.24. The van der Waals surface area contributed by atoms with Crippen molar-refractivity contribution in [1.82, 2.24) is 4.90 Å². The molecular weight excluding hydrogens is 374 g/mol. The van der Waals surface area contributed by atoms with Gasteiger partial charge in [0.05, 0.1) is 18.1 Å². The lowest BCUT2D eigenvalue weighted by molar-refractivity contribution is -0.141. The normalized spacial score (nSPS) is 15.8. The van der Waals surface area contributed by atoms with Gasteiger partial charge in [-0.15, -0.1) is 0 Å². The molecule has 3 N–H and O–H groups in total. The minimum Gasteiger partial charge on any atom is -0.481 e. The molecule has 156 valence electrons. The fraction of sp³-hybridized carbons (Fsp3) is 0.524. The first-order chi connectivity index (χ1) is 13.9. The van der Waals surface area contributed by atoms with Crippen molar-refractivity contribution in [1.29, 1.82) is 5.26 Å². The highest BCUT2D eigenvalue weighted by Gasteiger charge is 2.30. The van der Waals surface area contributed by atoms with Gasteiger partial charge < -0.3 is 20.4 Å². The number of carbonyl (C=O) groups excluding carboxylic acids is 1. The van der Waals surface area contributed by atoms with E-state index in [0.29, 0.717) is 24.2 Å². The van der Waals surface area contributed by atoms with Crippen LogP contribution in [0.15, 0.2) is 18.2 Å². The maximum Gasteiger partial charge on any atom is 0.335 e. The summed E-state index contributed by atoms with van der Waals surface area (Å²) in [5, 5.41) is 29.9. The van der Waals surface area contributed by atoms with E-state index in [-0.39, 0.29) is 24.4 Å². The number of carboxylic acid groups (broad SMARTS) is 2. The number of nitrogens with zero attached hydrogens (tertiary/aromatic N) is 2. The van der Waals surface area contributed by atoms with Crippen LogP contribution < -0.4 is 5.32 Å². The Hall–Kier alpha value is -3.08. The molecule has 8 heteroatoms. The molecule has 1 aromatic carbocycles. The summed E-state index contributed by atoms with van der Waals surface area (Å²) < 4.78 is 0. The number of hydrogen-bond donors (Lipinski definition) is 3. The summed E-state index contributed by atoms with van der Waals surface area (Å²) in [7, 11) is 0. The third-order valence-corrected chi connectivity index (χ3v) is 5.00. The van der Waals surface area contributed by atoms with Gasteiger partial charge in [-0.3, -0.25) is 9.59 Å². The van der Waals surface area contributed by atoms with Crippen LogP contribution in [0.1, 0.15) is 67.3 Å². The number of hydrogen-bond acceptors (Lipinski definition) is 5. The number of aliphatic carboxylic acids is 1. The molecule has 1 aliphatic rings. The predicted molar refractivity (Wildman–Crippen MR) is 106 cm³/mol. The van der Waals surface area contributed by atoms with Crippen molar-refractivity contribution in [3.05, 3.63) is 29.3 Å². The number of nitriles is 1. The number of carboxylic acids is 2. The highest BCUT2D eigenvalue weighted by atomic mass is 16.4. The molecule has 0 aromatic heterocycles. The fourth-order valence-electron chi connectivity index (χ4n) is 3.47. The van der Waals surface area contributed by atoms with E-state index in [4.69, 9.17) is 10.4 Å². The minimum atomic E-state index is -1.07. The molecule has 2 rings (SSSR count). The maximum atomic E-state index is 12.9. The number of benzene rings is 1. The molecule has 0 bridgehead atoms. The van der Waals surface area contributed by atoms with Crippen LogP contribution in [-0.4, -0.2) is 45.5 Å². The van der Waals surface area contributed by atoms with E-state index in [1.807, 2.05) is 0 Å². The first-order valence-corrected chi connectivity index (χ1v) is 9.92. The Balaban J connectivity index is 2.02. The van der Waals surface area contributed by atoms with Crippen molar-refractivity contribution in [2.24, 2.45) is 0 Å². The number of nitrogens with one attached hydrogen (secondary N) is 1. The standard InChI is InChI=1S/C21H27N3O5/c22-10-6-4-2-1-3-5-7-11-24-14-16-12-15(21(28)29)8-9-17(16)23-18(20(24)27)13-19(25)26/h8-9,12,18,23H,1-7,11,13-14H2,(H,25,26)(H,28,29)/t18-/m1/s1. The summed E-state index contributed by atoms with van der Waals surface area (Å²) in [4.78, 5) is 36.9. The van der Waals surface area contributed by atoms with Crippen molar-refractivity contribution < 1.29 is 24.6 Å². The van der Waals surface area contributed by atoms with Gasteiger partial charge in [-0.05, 0) is 36.6 Å². The number of rotatable bonds is 11. The Morgan fingerprint density at radius 2 is 1.83 bits per heavy atom. The molecule has 1 atom stereocenters. The summed E-state index contributed by atoms with van der Waals surface area (Å²) in [5.74, 6) is -2.40. The smallest absolute Gasteiger partial charge is 0.335 e. The van der Waals surface area contributed by atoms with Crippen molar-refractivity contribution in [3.63, 3.8) is 0 Å². The molecule has 1 heterocycles. The second kappa shape index (κ2) is 11.1. The van der Waals surface area contributed by atoms with Gasteiger partial charge in [-0.1, -0.05) is 25.7 Å². The van der Waals surface area contributed by atoms with E-state index in [9.17, 15) is 19.5 Å². The summed E-state index contributed by atoms with van der Waals surface area (Å²) in [6.07, 6.45) is 5.96. The molecule has 29 heavy (non-hydrogen) atoms. The Morgan fingerprint density at radius 1 is 1.14 bits per heavy atom. The molecule has 0 unspecified atom stereocenters. The van der Waals surface area contributed by atoms with Crippen LogP contribution in [0, 0.1) is 11.3 Å². The van der Waals surface area contributed by atoms with Crippen molar-refractivity contribution in [3.8, 4) is 6.07 Å². The lowest BCUT2D eigenvalue weighted by Crippen LogP contribution is -2.42. The number of anilines is 1. The zero-order chi connectivity index (χ0) is 21.2. The average molecular weight is 401 g/mol. The second-order valence-electron chi connectivity index (χ2n) is 7.26. The molecule has 1 amide bonds. The Labute approximate surface area is 170 Å². The summed E-state index contributed by atoms with van der Waals surface area (Å²) in [6.45, 7) is 0.742. The van der Waals surface area contributed by atoms with Gasteiger partial charge in [-0.25, -0.2) is 4.79 Å². The number of amides is 1. The van der Waals surface area contributed by atoms with Crippen molar-refractivity contribution in [2.75, 3.05) is 11.9 Å². The van der Waals surface area contributed by atoms with Gasteiger partial charge in [0, 0.05) is 25.2 Å². The summed E-state index contributed by atoms with van der Waals surface area (Å²) in [5.41, 5.74) is 1.39. The zero-order valence-corrected chi connectivity index (χ0v) is 16.4. The molecule has 1 aromatic rings. The molecular formula is C21H27N3O5. The topological polar surface area (TPSA) is 131 Å². The van der Waals surface area contributed by atoms with E-state index in [1.54, 1.807) is 11.0 Å². The van der Waals surface area contributed by atoms with Crippen molar-refractivity contribution >= 4 is 23.5 Å². The third-order valence-electron chi connectivity index (χ3n) is 5.00. The van der Waals surface area contributed by atoms with Crippen LogP contribution in [0.2, 0.25) is 0 Å². The maximum absolute atomic E-state index is 12.9. The van der Waals surface area contributed by atoms with Gasteiger partial charge in [0.1, 0.15) is 6.04 Å². The van der Waals surface area contributed by atoms with Crippen LogP contribution in [0.5, 0.6) is 0 Å². The molecule has 8 nitrogen and oxygen atoms in total. The van der Waals surface area contributed by atoms with E-state index in [2.05, 4.69) is 11.4 Å². The lowest BCUT2D eigenvalue weighted by Gasteiger charge is -2.24. The average Bonchev–Trinajstić information content (AvgIpc) is 2.80. The molecule has 0 fully saturated rings. The quantitative estimate of drug-likeness (QED) is 0.485. The van der Waals surface area contributed by atoms with Crippen LogP contribution in [0.4, 0.5) is 5.69 Å². The van der Waals surface area contributed by atoms with Gasteiger partial charge in [0.2, 0.25) is 5.91 Å². The highest BCUT2D eigenvalue weighted by Crippen LogP contribution is 2.26. The lowest BCUT2D eigenvalue weighted by atomic mass is 10.1. The molecule has 0 spiro atoms. The monoisotopic (exact) mass is 401 g/mol. The Bertz CT molecular complexity index is 787. The first kappa shape index (κ1) is 22.2. The van der Waals surface area contributed by atoms with Crippen LogP contribution in [0.3, 0.4) is 0 Å². The van der Waals surface area contributed by atoms with Crippen LogP contribution >= 0.6 is 0 Å². The summed E-state index contributed by atoms with van der Waals surface area (Å²) in [6, 6.07) is 5.82. The van der Waals surface area contributed by atoms with Gasteiger partial charge in [0.15, 0.2) is 0 Å². The Morgan fingerprint density at radius 3 is 2.48 bits per heavy atom. The van der Waals surface area contributed by atoms with Gasteiger partial charge in [-0.2, -0.15) is 5.26 Å². The van der Waals surface area contributed by atoms with Gasteiger partial charge in [0.25, 0.3) is 0 Å². The molecule has 0 saturated heterocycles. The third kappa shape index (κ3) is 6.79. The summed E-state index contributed by atoms with van der Waals surface area (Å²) >= 11 is 0. The van der Waals surface area contributed by atoms with E-state index >= 15 is 0 Å². The van der Waals surface area contributed by atoms with E-state index in [1.165, 1.54) is 12.1 Å². The molecule has 0 aliphatic carbocycles. The van der Waals surface area contributed by atoms with Crippen molar-refractivity contribution in [2.45, 2.75) is 64.0 Å². The Kier molecular flexibility index (Phi) is 8.46. The first-order valence-electron chi connectivity index (χ1n) is 9.92. The van der Waals surface area contributed by atoms with E-state index in [0.717, 1.165) is 38.5 Å². The largest absolute Gasteiger partial charge is 0.481 e. The number of unbranched alkanes of at least 4 members (excludes halogenated alkanes) is 6. The van der Waals surface area contributed by atoms with Crippen LogP contribution in [-0.2, 0) is 16.1 Å². The highest BCUT2D eigenvalue weighted by molar-refractivity contribution is 5.92. The minimum absolute atomic E-state index is 0.131. The molecule has 0 radical (unpaired) electrons. The van der Waals surface area contributed by atoms with Gasteiger partial charge >= 0.3 is 11.9 Å². The number of aromatic carboxylic acids is 1. The number of fused-ring (bicyclic) bond motifs is 1. The second-order valence-corrected chi connectivity index (χ2v) is 7.26. The molecule has 0 saturated carbocycles. The van der Waals surface area contributed by atoms with Crippen LogP contribution in [0.25, 0.3) is 0 Å². The zero-order valence-electron chi connectivity index (χ0n) is 16.4. The molecule has 1 aliphatic heterocycles. The number of carbonyl (C=O) groups is 3. The fourth-order valence-corrected chi connectivity index (χ4v) is 3.47. The SMILES string of the molecule is N#CCCCCCCCCN1Cc2cc(C(=O)O)ccc2N[C@H](CC(=O)O)C1=O. The van der Waals surface area contributed by atoms with E-state index < -0.39 is 18.0 Å².